The van der Waals surface area contributed by atoms with Crippen LogP contribution in [0.25, 0.3) is 0 Å². The molecule has 0 heterocycles. The highest BCUT2D eigenvalue weighted by atomic mass is 31.2. The van der Waals surface area contributed by atoms with E-state index in [1.165, 1.54) is 6.92 Å². The molecule has 0 amide bonds. The molecule has 56 valence electrons. The third-order valence-corrected chi connectivity index (χ3v) is 2.09. The number of nitrogens with two attached hydrogens (primary N) is 1. The van der Waals surface area contributed by atoms with E-state index in [1.54, 1.807) is 0 Å². The molecule has 0 aromatic rings. The summed E-state index contributed by atoms with van der Waals surface area (Å²) in [6, 6.07) is 0. The van der Waals surface area contributed by atoms with Crippen molar-refractivity contribution in [3.05, 3.63) is 0 Å². The van der Waals surface area contributed by atoms with Crippen molar-refractivity contribution in [1.29, 1.82) is 0 Å². The molecular formula is C3H10NO4P. The van der Waals surface area contributed by atoms with Gasteiger partial charge >= 0.3 is 7.60 Å². The maximum Gasteiger partial charge on any atom is 0.344 e. The van der Waals surface area contributed by atoms with Crippen LogP contribution in [0.1, 0.15) is 6.92 Å². The average Bonchev–Trinajstić information content (AvgIpc) is 1.62. The molecule has 2 atom stereocenters. The monoisotopic (exact) mass is 155 g/mol. The number of rotatable bonds is 2. The van der Waals surface area contributed by atoms with Gasteiger partial charge in [0, 0.05) is 0 Å². The maximum absolute atomic E-state index is 10.2. The molecule has 0 unspecified atom stereocenters. The Morgan fingerprint density at radius 2 is 1.89 bits per heavy atom. The van der Waals surface area contributed by atoms with E-state index in [0.29, 0.717) is 0 Å². The summed E-state index contributed by atoms with van der Waals surface area (Å²) >= 11 is 0. The minimum Gasteiger partial charge on any atom is -0.391 e. The Balaban J connectivity index is 4.05. The number of aliphatic hydroxyl groups is 1. The van der Waals surface area contributed by atoms with E-state index in [2.05, 4.69) is 0 Å². The third kappa shape index (κ3) is 2.93. The molecule has 0 fully saturated rings. The molecule has 0 bridgehead atoms. The minimum atomic E-state index is -4.29. The van der Waals surface area contributed by atoms with Gasteiger partial charge in [-0.25, -0.2) is 0 Å². The zero-order valence-electron chi connectivity index (χ0n) is 4.93. The van der Waals surface area contributed by atoms with Gasteiger partial charge in [-0.1, -0.05) is 0 Å². The number of aliphatic hydroxyl groups excluding tert-OH is 1. The molecular weight excluding hydrogens is 145 g/mol. The fraction of sp³-hybridized carbons (Fsp3) is 1.00. The van der Waals surface area contributed by atoms with Crippen LogP contribution in [-0.4, -0.2) is 26.8 Å². The van der Waals surface area contributed by atoms with E-state index in [4.69, 9.17) is 20.6 Å². The van der Waals surface area contributed by atoms with Crippen LogP contribution < -0.4 is 5.73 Å². The lowest BCUT2D eigenvalue weighted by molar-refractivity contribution is 0.176. The molecule has 0 saturated carbocycles. The van der Waals surface area contributed by atoms with E-state index in [0.717, 1.165) is 0 Å². The fourth-order valence-corrected chi connectivity index (χ4v) is 0.843. The predicted molar refractivity (Wildman–Crippen MR) is 31.7 cm³/mol. The predicted octanol–water partition coefficient (Wildman–Crippen LogP) is -1.17. The van der Waals surface area contributed by atoms with Crippen molar-refractivity contribution in [3.63, 3.8) is 0 Å². The van der Waals surface area contributed by atoms with Crippen LogP contribution in [0.3, 0.4) is 0 Å². The van der Waals surface area contributed by atoms with E-state index < -0.39 is 19.5 Å². The zero-order valence-corrected chi connectivity index (χ0v) is 5.82. The lowest BCUT2D eigenvalue weighted by atomic mass is 10.4. The van der Waals surface area contributed by atoms with Gasteiger partial charge in [-0.15, -0.1) is 0 Å². The zero-order chi connectivity index (χ0) is 7.65. The van der Waals surface area contributed by atoms with Crippen molar-refractivity contribution < 1.29 is 19.5 Å². The number of hydrogen-bond donors (Lipinski definition) is 4. The fourth-order valence-electron chi connectivity index (χ4n) is 0.281. The van der Waals surface area contributed by atoms with Crippen molar-refractivity contribution in [2.24, 2.45) is 5.73 Å². The Hall–Kier alpha value is 0.0700. The van der Waals surface area contributed by atoms with Crippen LogP contribution in [0, 0.1) is 0 Å². The second-order valence-electron chi connectivity index (χ2n) is 1.82. The van der Waals surface area contributed by atoms with Crippen molar-refractivity contribution in [3.8, 4) is 0 Å². The number of hydrogen-bond acceptors (Lipinski definition) is 3. The Labute approximate surface area is 52.7 Å². The summed E-state index contributed by atoms with van der Waals surface area (Å²) in [6.07, 6.45) is -1.18. The highest BCUT2D eigenvalue weighted by molar-refractivity contribution is 7.52. The molecule has 5 nitrogen and oxygen atoms in total. The molecule has 0 aromatic carbocycles. The molecule has 0 radical (unpaired) electrons. The van der Waals surface area contributed by atoms with Crippen molar-refractivity contribution in [1.82, 2.24) is 0 Å². The molecule has 6 heteroatoms. The van der Waals surface area contributed by atoms with Crippen LogP contribution >= 0.6 is 7.60 Å². The SMILES string of the molecule is C[C@@H](O)[C@H](N)P(=O)(O)O. The highest BCUT2D eigenvalue weighted by Gasteiger charge is 2.28. The Morgan fingerprint density at radius 1 is 1.56 bits per heavy atom. The molecule has 0 rings (SSSR count). The molecule has 0 aliphatic carbocycles. The summed E-state index contributed by atoms with van der Waals surface area (Å²) in [4.78, 5) is 16.6. The molecule has 5 N–H and O–H groups in total. The molecule has 0 aliphatic rings. The summed E-state index contributed by atoms with van der Waals surface area (Å²) in [5, 5.41) is 8.54. The highest BCUT2D eigenvalue weighted by Crippen LogP contribution is 2.39. The molecule has 9 heavy (non-hydrogen) atoms. The van der Waals surface area contributed by atoms with Gasteiger partial charge in [0.2, 0.25) is 0 Å². The Kier molecular flexibility index (Phi) is 2.79. The summed E-state index contributed by atoms with van der Waals surface area (Å²) < 4.78 is 10.2. The van der Waals surface area contributed by atoms with Crippen LogP contribution in [0.4, 0.5) is 0 Å². The second-order valence-corrected chi connectivity index (χ2v) is 3.59. The minimum absolute atomic E-state index is 1.18. The normalized spacial score (nSPS) is 19.2. The first-order valence-corrected chi connectivity index (χ1v) is 4.02. The second kappa shape index (κ2) is 2.77. The van der Waals surface area contributed by atoms with E-state index in [9.17, 15) is 4.57 Å². The lowest BCUT2D eigenvalue weighted by Gasteiger charge is -2.14. The van der Waals surface area contributed by atoms with Gasteiger partial charge in [-0.2, -0.15) is 0 Å². The van der Waals surface area contributed by atoms with Gasteiger partial charge in [-0.3, -0.25) is 4.57 Å². The maximum atomic E-state index is 10.2. The van der Waals surface area contributed by atoms with Crippen LogP contribution in [-0.2, 0) is 4.57 Å². The summed E-state index contributed by atoms with van der Waals surface area (Å²) in [6.45, 7) is 1.23. The molecule has 0 saturated heterocycles. The first-order chi connectivity index (χ1) is 3.85. The Bertz CT molecular complexity index is 130. The molecule has 0 spiro atoms. The van der Waals surface area contributed by atoms with Gasteiger partial charge < -0.3 is 20.6 Å². The first kappa shape index (κ1) is 9.07. The van der Waals surface area contributed by atoms with Gasteiger partial charge in [0.05, 0.1) is 6.10 Å². The Morgan fingerprint density at radius 3 is 1.89 bits per heavy atom. The third-order valence-electron chi connectivity index (χ3n) is 0.883. The lowest BCUT2D eigenvalue weighted by Crippen LogP contribution is -2.31. The summed E-state index contributed by atoms with van der Waals surface area (Å²) in [5.41, 5.74) is 4.88. The van der Waals surface area contributed by atoms with Crippen LogP contribution in [0.2, 0.25) is 0 Å². The van der Waals surface area contributed by atoms with Gasteiger partial charge in [0.25, 0.3) is 0 Å². The average molecular weight is 155 g/mol. The van der Waals surface area contributed by atoms with Crippen molar-refractivity contribution >= 4 is 7.60 Å². The topological polar surface area (TPSA) is 104 Å². The van der Waals surface area contributed by atoms with Crippen LogP contribution in [0.15, 0.2) is 0 Å². The van der Waals surface area contributed by atoms with Gasteiger partial charge in [0.15, 0.2) is 0 Å². The van der Waals surface area contributed by atoms with Gasteiger partial charge in [0.1, 0.15) is 5.78 Å². The molecule has 0 aromatic heterocycles. The summed E-state index contributed by atoms with van der Waals surface area (Å²) in [7, 11) is -4.29. The molecule has 0 aliphatic heterocycles. The van der Waals surface area contributed by atoms with Crippen molar-refractivity contribution in [2.45, 2.75) is 18.8 Å². The standard InChI is InChI=1S/C3H10NO4P/c1-2(5)3(4)9(6,7)8/h2-3,5H,4H2,1H3,(H2,6,7,8)/t2-,3-/m1/s1. The smallest absolute Gasteiger partial charge is 0.344 e. The van der Waals surface area contributed by atoms with E-state index in [-0.39, 0.29) is 0 Å². The first-order valence-electron chi connectivity index (χ1n) is 2.34. The quantitative estimate of drug-likeness (QED) is 0.376. The largest absolute Gasteiger partial charge is 0.391 e. The summed E-state index contributed by atoms with van der Waals surface area (Å²) in [5.74, 6) is -1.46. The van der Waals surface area contributed by atoms with Crippen LogP contribution in [0.5, 0.6) is 0 Å². The van der Waals surface area contributed by atoms with E-state index >= 15 is 0 Å². The van der Waals surface area contributed by atoms with Crippen molar-refractivity contribution in [2.75, 3.05) is 0 Å². The van der Waals surface area contributed by atoms with Gasteiger partial charge in [-0.05, 0) is 6.92 Å². The van der Waals surface area contributed by atoms with E-state index in [1.807, 2.05) is 0 Å².